The molecule has 0 fully saturated rings. The number of hydrogen-bond acceptors (Lipinski definition) is 4. The number of benzene rings is 1. The van der Waals surface area contributed by atoms with E-state index in [9.17, 15) is 13.6 Å². The Balaban J connectivity index is 2.14. The topological polar surface area (TPSA) is 76.5 Å². The molecule has 0 spiro atoms. The number of alkyl halides is 2. The Bertz CT molecular complexity index is 1140. The third kappa shape index (κ3) is 3.40. The molecule has 0 atom stereocenters. The molecule has 28 heavy (non-hydrogen) atoms. The van der Waals surface area contributed by atoms with E-state index in [1.807, 2.05) is 24.3 Å². The lowest BCUT2D eigenvalue weighted by Gasteiger charge is -2.16. The van der Waals surface area contributed by atoms with Gasteiger partial charge in [-0.2, -0.15) is 13.8 Å². The molecule has 8 heteroatoms. The van der Waals surface area contributed by atoms with Crippen LogP contribution in [-0.4, -0.2) is 25.0 Å². The lowest BCUT2D eigenvalue weighted by molar-refractivity contribution is 0.0318. The predicted molar refractivity (Wildman–Crippen MR) is 104 cm³/mol. The zero-order valence-electron chi connectivity index (χ0n) is 15.5. The van der Waals surface area contributed by atoms with Gasteiger partial charge in [0.1, 0.15) is 0 Å². The Morgan fingerprint density at radius 1 is 1.32 bits per heavy atom. The van der Waals surface area contributed by atoms with E-state index < -0.39 is 17.3 Å². The molecule has 0 aliphatic heterocycles. The quantitative estimate of drug-likeness (QED) is 0.657. The zero-order valence-corrected chi connectivity index (χ0v) is 15.5. The number of nitrogens with one attached hydrogen (secondary N) is 1. The van der Waals surface area contributed by atoms with Gasteiger partial charge < -0.3 is 4.98 Å². The summed E-state index contributed by atoms with van der Waals surface area (Å²) in [5.74, 6) is -4.22. The molecule has 0 radical (unpaired) electrons. The van der Waals surface area contributed by atoms with E-state index in [0.29, 0.717) is 0 Å². The number of aromatic nitrogens is 5. The first-order valence-electron chi connectivity index (χ1n) is 8.64. The van der Waals surface area contributed by atoms with Crippen LogP contribution in [0.2, 0.25) is 0 Å². The molecule has 0 aliphatic rings. The number of aromatic amines is 1. The minimum absolute atomic E-state index is 0.0875. The average Bonchev–Trinajstić information content (AvgIpc) is 3.09. The molecule has 0 bridgehead atoms. The summed E-state index contributed by atoms with van der Waals surface area (Å²) in [6.45, 7) is 7.13. The number of fused-ring (bicyclic) bond motifs is 1. The Labute approximate surface area is 159 Å². The maximum absolute atomic E-state index is 14.9. The molecule has 2 aromatic heterocycles. The lowest BCUT2D eigenvalue weighted by atomic mass is 10.1. The molecule has 2 heterocycles. The maximum atomic E-state index is 14.9. The van der Waals surface area contributed by atoms with Crippen molar-refractivity contribution in [2.45, 2.75) is 26.3 Å². The summed E-state index contributed by atoms with van der Waals surface area (Å²) in [6, 6.07) is 7.45. The highest BCUT2D eigenvalue weighted by Crippen LogP contribution is 2.34. The standard InChI is InChI=1S/C20H19F2N5O/c1-4-9-15(6-3)20(21,22)19-23-17-16(18(28)24-19)25-26-27(17)12-14-11-8-7-10-13(14)5-2/h4-11H,2,12H2,1,3H3,(H,23,24,28)/b9-4-,15-6+. The van der Waals surface area contributed by atoms with E-state index in [2.05, 4.69) is 26.9 Å². The summed E-state index contributed by atoms with van der Waals surface area (Å²) in [4.78, 5) is 18.3. The van der Waals surface area contributed by atoms with Crippen LogP contribution in [0.1, 0.15) is 30.8 Å². The molecule has 144 valence electrons. The van der Waals surface area contributed by atoms with Crippen LogP contribution in [0.15, 0.2) is 59.4 Å². The second-order valence-electron chi connectivity index (χ2n) is 6.06. The van der Waals surface area contributed by atoms with Gasteiger partial charge in [0.15, 0.2) is 17.0 Å². The first kappa shape index (κ1) is 19.3. The Morgan fingerprint density at radius 2 is 2.07 bits per heavy atom. The van der Waals surface area contributed by atoms with Crippen molar-refractivity contribution < 1.29 is 8.78 Å². The van der Waals surface area contributed by atoms with Crippen molar-refractivity contribution in [2.24, 2.45) is 0 Å². The van der Waals surface area contributed by atoms with Gasteiger partial charge in [0.2, 0.25) is 0 Å². The second-order valence-corrected chi connectivity index (χ2v) is 6.06. The largest absolute Gasteiger partial charge is 0.329 e. The van der Waals surface area contributed by atoms with Crippen LogP contribution in [0.3, 0.4) is 0 Å². The zero-order chi connectivity index (χ0) is 20.3. The predicted octanol–water partition coefficient (Wildman–Crippen LogP) is 3.82. The summed E-state index contributed by atoms with van der Waals surface area (Å²) in [6.07, 6.45) is 5.74. The van der Waals surface area contributed by atoms with Crippen molar-refractivity contribution >= 4 is 17.2 Å². The van der Waals surface area contributed by atoms with Gasteiger partial charge in [0.05, 0.1) is 6.54 Å². The number of allylic oxidation sites excluding steroid dienone is 4. The fourth-order valence-corrected chi connectivity index (χ4v) is 2.87. The Kier molecular flexibility index (Phi) is 5.30. The minimum atomic E-state index is -3.47. The highest BCUT2D eigenvalue weighted by Gasteiger charge is 2.38. The van der Waals surface area contributed by atoms with Gasteiger partial charge in [-0.05, 0) is 25.0 Å². The van der Waals surface area contributed by atoms with E-state index in [4.69, 9.17) is 0 Å². The van der Waals surface area contributed by atoms with Crippen molar-refractivity contribution in [3.63, 3.8) is 0 Å². The van der Waals surface area contributed by atoms with Crippen LogP contribution >= 0.6 is 0 Å². The van der Waals surface area contributed by atoms with Gasteiger partial charge in [-0.1, -0.05) is 60.4 Å². The van der Waals surface area contributed by atoms with E-state index >= 15 is 0 Å². The van der Waals surface area contributed by atoms with Gasteiger partial charge >= 0.3 is 11.5 Å². The Morgan fingerprint density at radius 3 is 2.75 bits per heavy atom. The van der Waals surface area contributed by atoms with Crippen molar-refractivity contribution in [1.82, 2.24) is 25.0 Å². The first-order chi connectivity index (χ1) is 13.4. The fourth-order valence-electron chi connectivity index (χ4n) is 2.87. The van der Waals surface area contributed by atoms with E-state index in [1.54, 1.807) is 13.0 Å². The monoisotopic (exact) mass is 383 g/mol. The molecule has 6 nitrogen and oxygen atoms in total. The van der Waals surface area contributed by atoms with Gasteiger partial charge in [-0.3, -0.25) is 4.79 Å². The van der Waals surface area contributed by atoms with Crippen LogP contribution < -0.4 is 5.56 Å². The van der Waals surface area contributed by atoms with Gasteiger partial charge in [0, 0.05) is 5.57 Å². The number of nitrogens with zero attached hydrogens (tertiary/aromatic N) is 4. The highest BCUT2D eigenvalue weighted by atomic mass is 19.3. The van der Waals surface area contributed by atoms with Gasteiger partial charge in [0.25, 0.3) is 0 Å². The van der Waals surface area contributed by atoms with Crippen molar-refractivity contribution in [3.8, 4) is 0 Å². The normalized spacial score (nSPS) is 12.8. The third-order valence-electron chi connectivity index (χ3n) is 4.30. The van der Waals surface area contributed by atoms with E-state index in [-0.39, 0.29) is 23.3 Å². The van der Waals surface area contributed by atoms with E-state index in [1.165, 1.54) is 29.8 Å². The van der Waals surface area contributed by atoms with Crippen LogP contribution in [0.5, 0.6) is 0 Å². The van der Waals surface area contributed by atoms with Crippen molar-refractivity contribution in [1.29, 1.82) is 0 Å². The molecule has 0 saturated heterocycles. The SMILES string of the molecule is C=Cc1ccccc1Cn1nnc2c(=O)nc(C(F)(F)C(/C=C\C)=C/C)[nH]c21. The van der Waals surface area contributed by atoms with Crippen LogP contribution in [0.4, 0.5) is 8.78 Å². The van der Waals surface area contributed by atoms with Crippen LogP contribution in [0, 0.1) is 0 Å². The molecule has 3 aromatic rings. The lowest BCUT2D eigenvalue weighted by Crippen LogP contribution is -2.24. The number of H-pyrrole nitrogens is 1. The highest BCUT2D eigenvalue weighted by molar-refractivity contribution is 5.68. The van der Waals surface area contributed by atoms with Crippen LogP contribution in [0.25, 0.3) is 17.2 Å². The summed E-state index contributed by atoms with van der Waals surface area (Å²) < 4.78 is 31.1. The number of halogens is 2. The van der Waals surface area contributed by atoms with Gasteiger partial charge in [-0.25, -0.2) is 4.68 Å². The van der Waals surface area contributed by atoms with Crippen molar-refractivity contribution in [3.05, 3.63) is 82.0 Å². The molecule has 3 rings (SSSR count). The molecule has 0 saturated carbocycles. The molecule has 1 N–H and O–H groups in total. The molecule has 0 aliphatic carbocycles. The summed E-state index contributed by atoms with van der Waals surface area (Å²) in [7, 11) is 0. The van der Waals surface area contributed by atoms with Crippen LogP contribution in [-0.2, 0) is 12.5 Å². The Hall–Kier alpha value is -3.42. The summed E-state index contributed by atoms with van der Waals surface area (Å²) in [5, 5.41) is 7.74. The smallest absolute Gasteiger partial charge is 0.321 e. The minimum Gasteiger partial charge on any atom is -0.321 e. The van der Waals surface area contributed by atoms with Crippen molar-refractivity contribution in [2.75, 3.05) is 0 Å². The fraction of sp³-hybridized carbons (Fsp3) is 0.200. The summed E-state index contributed by atoms with van der Waals surface area (Å²) in [5.41, 5.74) is 0.597. The third-order valence-corrected chi connectivity index (χ3v) is 4.30. The first-order valence-corrected chi connectivity index (χ1v) is 8.64. The van der Waals surface area contributed by atoms with Gasteiger partial charge in [-0.15, -0.1) is 5.10 Å². The molecule has 1 aromatic carbocycles. The number of hydrogen-bond donors (Lipinski definition) is 1. The molecule has 0 amide bonds. The number of rotatable bonds is 6. The second kappa shape index (κ2) is 7.67. The van der Waals surface area contributed by atoms with E-state index in [0.717, 1.165) is 11.1 Å². The molecular weight excluding hydrogens is 364 g/mol. The molecule has 0 unspecified atom stereocenters. The summed E-state index contributed by atoms with van der Waals surface area (Å²) >= 11 is 0. The molecular formula is C20H19F2N5O. The maximum Gasteiger partial charge on any atom is 0.329 e. The average molecular weight is 383 g/mol.